The second kappa shape index (κ2) is 8.83. The summed E-state index contributed by atoms with van der Waals surface area (Å²) in [6, 6.07) is 22.5. The highest BCUT2D eigenvalue weighted by atomic mass is 19.1. The molecule has 2 aromatic heterocycles. The largest absolute Gasteiger partial charge is 0.367 e. The van der Waals surface area contributed by atoms with Gasteiger partial charge in [0.15, 0.2) is 11.5 Å². The van der Waals surface area contributed by atoms with Gasteiger partial charge in [-0.05, 0) is 61.2 Å². The van der Waals surface area contributed by atoms with Crippen LogP contribution < -0.4 is 10.6 Å². The molecule has 1 amide bonds. The molecule has 0 unspecified atom stereocenters. The third-order valence-corrected chi connectivity index (χ3v) is 6.30. The summed E-state index contributed by atoms with van der Waals surface area (Å²) in [5.41, 5.74) is 6.13. The van der Waals surface area contributed by atoms with Crippen molar-refractivity contribution in [3.63, 3.8) is 0 Å². The lowest BCUT2D eigenvalue weighted by molar-refractivity contribution is 0.0951. The van der Waals surface area contributed by atoms with Gasteiger partial charge < -0.3 is 10.6 Å². The van der Waals surface area contributed by atoms with Crippen LogP contribution in [0.3, 0.4) is 0 Å². The number of halogens is 1. The van der Waals surface area contributed by atoms with Gasteiger partial charge in [0, 0.05) is 23.7 Å². The molecule has 174 valence electrons. The number of fused-ring (bicyclic) bond motifs is 3. The molecule has 2 N–H and O–H groups in total. The molecule has 0 spiro atoms. The summed E-state index contributed by atoms with van der Waals surface area (Å²) in [5, 5.41) is 6.44. The van der Waals surface area contributed by atoms with E-state index in [1.165, 1.54) is 12.1 Å². The van der Waals surface area contributed by atoms with Gasteiger partial charge in [-0.25, -0.2) is 14.4 Å². The number of hydrogen-bond donors (Lipinski definition) is 2. The maximum atomic E-state index is 13.2. The number of hydrogen-bond acceptors (Lipinski definition) is 4. The van der Waals surface area contributed by atoms with Crippen LogP contribution in [0.15, 0.2) is 79.0 Å². The SMILES string of the molecule is O=C(NC1CC1)c1ccc(-c2cnc3c(NCCc4ccc(F)cc4)nc4ccccc4n23)cc1. The van der Waals surface area contributed by atoms with Crippen LogP contribution in [0.25, 0.3) is 27.9 Å². The zero-order valence-corrected chi connectivity index (χ0v) is 19.0. The Bertz CT molecular complexity index is 1520. The van der Waals surface area contributed by atoms with Gasteiger partial charge in [0.05, 0.1) is 22.9 Å². The van der Waals surface area contributed by atoms with Crippen molar-refractivity contribution in [2.45, 2.75) is 25.3 Å². The first kappa shape index (κ1) is 21.3. The van der Waals surface area contributed by atoms with Crippen LogP contribution in [-0.4, -0.2) is 32.9 Å². The molecule has 2 heterocycles. The molecular formula is C28H24FN5O. The molecule has 0 aliphatic heterocycles. The number of aromatic nitrogens is 3. The number of imidazole rings is 1. The maximum absolute atomic E-state index is 13.2. The zero-order chi connectivity index (χ0) is 23.8. The van der Waals surface area contributed by atoms with E-state index in [1.54, 1.807) is 12.1 Å². The van der Waals surface area contributed by atoms with E-state index < -0.39 is 0 Å². The molecule has 1 fully saturated rings. The molecule has 0 bridgehead atoms. The van der Waals surface area contributed by atoms with Crippen LogP contribution >= 0.6 is 0 Å². The molecule has 6 nitrogen and oxygen atoms in total. The first-order valence-electron chi connectivity index (χ1n) is 11.8. The molecule has 0 saturated heterocycles. The zero-order valence-electron chi connectivity index (χ0n) is 19.0. The van der Waals surface area contributed by atoms with E-state index in [0.29, 0.717) is 24.0 Å². The summed E-state index contributed by atoms with van der Waals surface area (Å²) in [6.07, 6.45) is 4.70. The summed E-state index contributed by atoms with van der Waals surface area (Å²) in [6.45, 7) is 0.639. The molecule has 35 heavy (non-hydrogen) atoms. The van der Waals surface area contributed by atoms with Crippen molar-refractivity contribution in [2.24, 2.45) is 0 Å². The Morgan fingerprint density at radius 2 is 1.77 bits per heavy atom. The number of carbonyl (C=O) groups is 1. The van der Waals surface area contributed by atoms with Crippen LogP contribution in [0.1, 0.15) is 28.8 Å². The molecule has 1 saturated carbocycles. The smallest absolute Gasteiger partial charge is 0.251 e. The van der Waals surface area contributed by atoms with Gasteiger partial charge >= 0.3 is 0 Å². The molecule has 1 aliphatic carbocycles. The Morgan fingerprint density at radius 1 is 1.00 bits per heavy atom. The van der Waals surface area contributed by atoms with E-state index >= 15 is 0 Å². The normalized spacial score (nSPS) is 13.3. The Kier molecular flexibility index (Phi) is 5.37. The van der Waals surface area contributed by atoms with Gasteiger partial charge in [-0.2, -0.15) is 0 Å². The number of nitrogens with zero attached hydrogens (tertiary/aromatic N) is 3. The van der Waals surface area contributed by atoms with E-state index in [0.717, 1.165) is 52.8 Å². The minimum Gasteiger partial charge on any atom is -0.367 e. The standard InChI is InChI=1S/C28H24FN5O/c29-21-11-5-18(6-12-21)15-16-30-26-27-31-17-25(34(27)24-4-2-1-3-23(24)33-26)19-7-9-20(10-8-19)28(35)32-22-13-14-22/h1-12,17,22H,13-16H2,(H,30,33)(H,32,35). The average Bonchev–Trinajstić information content (AvgIpc) is 3.59. The summed E-state index contributed by atoms with van der Waals surface area (Å²) in [7, 11) is 0. The Hall–Kier alpha value is -4.26. The van der Waals surface area contributed by atoms with E-state index in [-0.39, 0.29) is 11.7 Å². The fourth-order valence-electron chi connectivity index (χ4n) is 4.27. The van der Waals surface area contributed by atoms with Crippen molar-refractivity contribution in [3.05, 3.63) is 95.9 Å². The molecule has 6 rings (SSSR count). The molecule has 1 aliphatic rings. The maximum Gasteiger partial charge on any atom is 0.251 e. The summed E-state index contributed by atoms with van der Waals surface area (Å²) in [5.74, 6) is 0.429. The highest BCUT2D eigenvalue weighted by Gasteiger charge is 2.23. The highest BCUT2D eigenvalue weighted by Crippen LogP contribution is 2.29. The number of nitrogens with one attached hydrogen (secondary N) is 2. The fourth-order valence-corrected chi connectivity index (χ4v) is 4.27. The van der Waals surface area contributed by atoms with E-state index in [1.807, 2.05) is 54.7 Å². The number of amides is 1. The lowest BCUT2D eigenvalue weighted by atomic mass is 10.1. The van der Waals surface area contributed by atoms with Crippen LogP contribution in [-0.2, 0) is 6.42 Å². The number of para-hydroxylation sites is 2. The number of carbonyl (C=O) groups excluding carboxylic acids is 1. The van der Waals surface area contributed by atoms with Crippen molar-refractivity contribution in [3.8, 4) is 11.3 Å². The predicted octanol–water partition coefficient (Wildman–Crippen LogP) is 5.24. The molecule has 0 atom stereocenters. The topological polar surface area (TPSA) is 71.3 Å². The van der Waals surface area contributed by atoms with Crippen molar-refractivity contribution in [2.75, 3.05) is 11.9 Å². The Balaban J connectivity index is 1.33. The second-order valence-electron chi connectivity index (χ2n) is 8.88. The minimum atomic E-state index is -0.235. The monoisotopic (exact) mass is 465 g/mol. The molecular weight excluding hydrogens is 441 g/mol. The van der Waals surface area contributed by atoms with Crippen molar-refractivity contribution in [1.29, 1.82) is 0 Å². The molecule has 5 aromatic rings. The highest BCUT2D eigenvalue weighted by molar-refractivity contribution is 5.95. The van der Waals surface area contributed by atoms with E-state index in [4.69, 9.17) is 9.97 Å². The van der Waals surface area contributed by atoms with Crippen molar-refractivity contribution >= 4 is 28.4 Å². The van der Waals surface area contributed by atoms with Gasteiger partial charge in [-0.1, -0.05) is 36.4 Å². The lowest BCUT2D eigenvalue weighted by Crippen LogP contribution is -2.25. The minimum absolute atomic E-state index is 0.0283. The third kappa shape index (κ3) is 4.33. The Morgan fingerprint density at radius 3 is 2.54 bits per heavy atom. The van der Waals surface area contributed by atoms with E-state index in [2.05, 4.69) is 15.0 Å². The van der Waals surface area contributed by atoms with Crippen molar-refractivity contribution < 1.29 is 9.18 Å². The quantitative estimate of drug-likeness (QED) is 0.345. The van der Waals surface area contributed by atoms with Gasteiger partial charge in [0.2, 0.25) is 0 Å². The first-order valence-corrected chi connectivity index (χ1v) is 11.8. The van der Waals surface area contributed by atoms with Gasteiger partial charge in [0.1, 0.15) is 5.82 Å². The summed E-state index contributed by atoms with van der Waals surface area (Å²) < 4.78 is 15.3. The summed E-state index contributed by atoms with van der Waals surface area (Å²) in [4.78, 5) is 21.9. The van der Waals surface area contributed by atoms with Crippen molar-refractivity contribution in [1.82, 2.24) is 19.7 Å². The molecule has 3 aromatic carbocycles. The van der Waals surface area contributed by atoms with Crippen LogP contribution in [0.4, 0.5) is 10.2 Å². The van der Waals surface area contributed by atoms with Gasteiger partial charge in [-0.3, -0.25) is 9.20 Å². The van der Waals surface area contributed by atoms with Crippen LogP contribution in [0.5, 0.6) is 0 Å². The van der Waals surface area contributed by atoms with Gasteiger partial charge in [-0.15, -0.1) is 0 Å². The summed E-state index contributed by atoms with van der Waals surface area (Å²) >= 11 is 0. The fraction of sp³-hybridized carbons (Fsp3) is 0.179. The predicted molar refractivity (Wildman–Crippen MR) is 135 cm³/mol. The average molecular weight is 466 g/mol. The molecule has 0 radical (unpaired) electrons. The number of anilines is 1. The second-order valence-corrected chi connectivity index (χ2v) is 8.88. The number of benzene rings is 3. The first-order chi connectivity index (χ1) is 17.2. The lowest BCUT2D eigenvalue weighted by Gasteiger charge is -2.12. The number of rotatable bonds is 7. The third-order valence-electron chi connectivity index (χ3n) is 6.30. The van der Waals surface area contributed by atoms with Crippen LogP contribution in [0.2, 0.25) is 0 Å². The Labute approximate surface area is 201 Å². The van der Waals surface area contributed by atoms with Crippen LogP contribution in [0, 0.1) is 5.82 Å². The van der Waals surface area contributed by atoms with Gasteiger partial charge in [0.25, 0.3) is 5.91 Å². The van der Waals surface area contributed by atoms with E-state index in [9.17, 15) is 9.18 Å². The molecule has 7 heteroatoms.